The van der Waals surface area contributed by atoms with Crippen molar-refractivity contribution in [3.05, 3.63) is 120 Å². The van der Waals surface area contributed by atoms with Gasteiger partial charge in [0.2, 0.25) is 0 Å². The molecule has 0 bridgehead atoms. The summed E-state index contributed by atoms with van der Waals surface area (Å²) >= 11 is 0. The zero-order valence-electron chi connectivity index (χ0n) is 14.4. The van der Waals surface area contributed by atoms with Crippen LogP contribution in [0.3, 0.4) is 0 Å². The molecule has 0 aliphatic heterocycles. The molecule has 0 unspecified atom stereocenters. The minimum Gasteiger partial charge on any atom is -0.248 e. The number of hydrogen-bond acceptors (Lipinski definition) is 1. The minimum absolute atomic E-state index is 0.200. The molecule has 0 radical (unpaired) electrons. The molecule has 0 spiro atoms. The third-order valence-corrected chi connectivity index (χ3v) is 5.12. The van der Waals surface area contributed by atoms with Gasteiger partial charge in [-0.05, 0) is 22.3 Å². The zero-order chi connectivity index (χ0) is 17.3. The van der Waals surface area contributed by atoms with Crippen LogP contribution in [0.15, 0.2) is 97.5 Å². The lowest BCUT2D eigenvalue weighted by Crippen LogP contribution is -2.34. The maximum atomic E-state index is 4.74. The predicted molar refractivity (Wildman–Crippen MR) is 103 cm³/mol. The van der Waals surface area contributed by atoms with Crippen LogP contribution in [0.2, 0.25) is 0 Å². The summed E-state index contributed by atoms with van der Waals surface area (Å²) in [6.07, 6.45) is 6.15. The van der Waals surface area contributed by atoms with Crippen LogP contribution in [0.1, 0.15) is 28.3 Å². The summed E-state index contributed by atoms with van der Waals surface area (Å²) in [5.41, 5.74) is 7.74. The van der Waals surface area contributed by atoms with Crippen LogP contribution in [0.5, 0.6) is 0 Å². The minimum atomic E-state index is 0.200. The van der Waals surface area contributed by atoms with E-state index in [1.54, 1.807) is 0 Å². The predicted octanol–water partition coefficient (Wildman–Crippen LogP) is 4.58. The number of hydrogen-bond donors (Lipinski definition) is 0. The fourth-order valence-corrected chi connectivity index (χ4v) is 3.97. The molecule has 1 aliphatic rings. The van der Waals surface area contributed by atoms with Gasteiger partial charge in [0.1, 0.15) is 5.69 Å². The molecule has 0 saturated carbocycles. The van der Waals surface area contributed by atoms with Gasteiger partial charge >= 0.3 is 0 Å². The van der Waals surface area contributed by atoms with Gasteiger partial charge in [-0.3, -0.25) is 0 Å². The van der Waals surface area contributed by atoms with Crippen molar-refractivity contribution >= 4 is 0 Å². The molecule has 0 saturated heterocycles. The lowest BCUT2D eigenvalue weighted by molar-refractivity contribution is -0.689. The Labute approximate surface area is 153 Å². The van der Waals surface area contributed by atoms with E-state index >= 15 is 0 Å². The van der Waals surface area contributed by atoms with Crippen molar-refractivity contribution in [3.8, 4) is 11.1 Å². The van der Waals surface area contributed by atoms with Crippen molar-refractivity contribution < 1.29 is 4.57 Å². The number of fused-ring (bicyclic) bond motifs is 3. The Kier molecular flexibility index (Phi) is 3.60. The monoisotopic (exact) mass is 335 g/mol. The number of benzene rings is 3. The Balaban J connectivity index is 1.59. The topological polar surface area (TPSA) is 16.8 Å². The molecular weight excluding hydrogens is 316 g/mol. The van der Waals surface area contributed by atoms with E-state index in [9.17, 15) is 0 Å². The molecule has 0 amide bonds. The molecule has 1 aromatic heterocycles. The normalized spacial score (nSPS) is 12.6. The van der Waals surface area contributed by atoms with Crippen molar-refractivity contribution in [3.63, 3.8) is 0 Å². The summed E-state index contributed by atoms with van der Waals surface area (Å²) in [7, 11) is 0. The Morgan fingerprint density at radius 1 is 0.731 bits per heavy atom. The van der Waals surface area contributed by atoms with E-state index in [0.717, 1.165) is 12.2 Å². The molecule has 1 aliphatic carbocycles. The molecule has 2 heteroatoms. The van der Waals surface area contributed by atoms with E-state index in [0.29, 0.717) is 0 Å². The fourth-order valence-electron chi connectivity index (χ4n) is 3.97. The Hall–Kier alpha value is -3.26. The lowest BCUT2D eigenvalue weighted by atomic mass is 9.94. The summed E-state index contributed by atoms with van der Waals surface area (Å²) < 4.78 is 2.22. The van der Waals surface area contributed by atoms with Crippen LogP contribution in [-0.2, 0) is 6.54 Å². The molecule has 0 atom stereocenters. The number of aromatic nitrogens is 2. The highest BCUT2D eigenvalue weighted by Gasteiger charge is 2.31. The van der Waals surface area contributed by atoms with Crippen LogP contribution in [-0.4, -0.2) is 4.98 Å². The van der Waals surface area contributed by atoms with E-state index < -0.39 is 0 Å². The molecule has 4 aromatic rings. The molecule has 2 nitrogen and oxygen atoms in total. The summed E-state index contributed by atoms with van der Waals surface area (Å²) in [6.45, 7) is 0.854. The maximum Gasteiger partial charge on any atom is 0.191 e. The van der Waals surface area contributed by atoms with E-state index in [1.807, 2.05) is 12.4 Å². The van der Waals surface area contributed by atoms with Crippen molar-refractivity contribution in [2.45, 2.75) is 12.5 Å². The first-order valence-corrected chi connectivity index (χ1v) is 8.97. The first kappa shape index (κ1) is 15.0. The molecule has 0 N–H and O–H groups in total. The van der Waals surface area contributed by atoms with Gasteiger partial charge < -0.3 is 0 Å². The van der Waals surface area contributed by atoms with Gasteiger partial charge in [-0.1, -0.05) is 78.9 Å². The quantitative estimate of drug-likeness (QED) is 0.441. The number of nitrogens with zero attached hydrogens (tertiary/aromatic N) is 2. The summed E-state index contributed by atoms with van der Waals surface area (Å²) in [4.78, 5) is 4.74. The molecule has 3 aromatic carbocycles. The van der Waals surface area contributed by atoms with E-state index in [-0.39, 0.29) is 5.92 Å². The number of rotatable bonds is 3. The second-order valence-corrected chi connectivity index (χ2v) is 6.75. The average Bonchev–Trinajstić information content (AvgIpc) is 3.04. The largest absolute Gasteiger partial charge is 0.248 e. The standard InChI is InChI=1S/C24H19N2/c1-2-8-18(9-3-1)16-26-15-14-25-23(17-26)24-21-12-6-4-10-19(21)20-11-5-7-13-22(20)24/h1-15,17,24H,16H2/q+1. The van der Waals surface area contributed by atoms with Crippen molar-refractivity contribution in [2.24, 2.45) is 0 Å². The van der Waals surface area contributed by atoms with E-state index in [2.05, 4.69) is 89.6 Å². The van der Waals surface area contributed by atoms with Crippen LogP contribution >= 0.6 is 0 Å². The van der Waals surface area contributed by atoms with Gasteiger partial charge in [0, 0.05) is 5.56 Å². The highest BCUT2D eigenvalue weighted by atomic mass is 15.0. The van der Waals surface area contributed by atoms with Gasteiger partial charge in [-0.2, -0.15) is 4.57 Å². The Morgan fingerprint density at radius 3 is 2.04 bits per heavy atom. The van der Waals surface area contributed by atoms with Crippen molar-refractivity contribution in [1.29, 1.82) is 0 Å². The van der Waals surface area contributed by atoms with Gasteiger partial charge in [-0.25, -0.2) is 4.98 Å². The van der Waals surface area contributed by atoms with Gasteiger partial charge in [0.25, 0.3) is 0 Å². The molecule has 5 rings (SSSR count). The molecule has 124 valence electrons. The third-order valence-electron chi connectivity index (χ3n) is 5.12. The summed E-state index contributed by atoms with van der Waals surface area (Å²) in [6, 6.07) is 27.9. The third kappa shape index (κ3) is 2.51. The molecule has 0 fully saturated rings. The molecular formula is C24H19N2+. The Bertz CT molecular complexity index is 1020. The van der Waals surface area contributed by atoms with Crippen molar-refractivity contribution in [2.75, 3.05) is 0 Å². The second-order valence-electron chi connectivity index (χ2n) is 6.75. The smallest absolute Gasteiger partial charge is 0.191 e. The molecule has 26 heavy (non-hydrogen) atoms. The van der Waals surface area contributed by atoms with Gasteiger partial charge in [0.15, 0.2) is 18.9 Å². The fraction of sp³-hybridized carbons (Fsp3) is 0.0833. The van der Waals surface area contributed by atoms with Crippen LogP contribution in [0, 0.1) is 0 Å². The first-order valence-electron chi connectivity index (χ1n) is 8.97. The van der Waals surface area contributed by atoms with Gasteiger partial charge in [-0.15, -0.1) is 0 Å². The highest BCUT2D eigenvalue weighted by molar-refractivity contribution is 5.80. The first-order chi connectivity index (χ1) is 12.9. The van der Waals surface area contributed by atoms with Crippen molar-refractivity contribution in [1.82, 2.24) is 4.98 Å². The van der Waals surface area contributed by atoms with Gasteiger partial charge in [0.05, 0.1) is 12.1 Å². The van der Waals surface area contributed by atoms with Crippen LogP contribution < -0.4 is 4.57 Å². The second kappa shape index (κ2) is 6.23. The maximum absolute atomic E-state index is 4.74. The SMILES string of the molecule is c1ccc(C[n+]2ccnc(C3c4ccccc4-c4ccccc43)c2)cc1. The van der Waals surface area contributed by atoms with Crippen LogP contribution in [0.25, 0.3) is 11.1 Å². The summed E-state index contributed by atoms with van der Waals surface area (Å²) in [5.74, 6) is 0.200. The Morgan fingerprint density at radius 2 is 1.35 bits per heavy atom. The highest BCUT2D eigenvalue weighted by Crippen LogP contribution is 2.46. The van der Waals surface area contributed by atoms with E-state index in [1.165, 1.54) is 27.8 Å². The average molecular weight is 335 g/mol. The van der Waals surface area contributed by atoms with Crippen LogP contribution in [0.4, 0.5) is 0 Å². The summed E-state index contributed by atoms with van der Waals surface area (Å²) in [5, 5.41) is 0. The zero-order valence-corrected chi connectivity index (χ0v) is 14.4. The molecule has 1 heterocycles. The lowest BCUT2D eigenvalue weighted by Gasteiger charge is -2.12. The van der Waals surface area contributed by atoms with E-state index in [4.69, 9.17) is 4.98 Å².